The highest BCUT2D eigenvalue weighted by Crippen LogP contribution is 2.23. The monoisotopic (exact) mass is 252 g/mol. The molecule has 0 aromatic heterocycles. The van der Waals surface area contributed by atoms with Crippen LogP contribution in [0.15, 0.2) is 48.5 Å². The van der Waals surface area contributed by atoms with Crippen molar-refractivity contribution in [1.82, 2.24) is 0 Å². The third-order valence-electron chi connectivity index (χ3n) is 3.27. The van der Waals surface area contributed by atoms with E-state index < -0.39 is 0 Å². The Morgan fingerprint density at radius 1 is 0.789 bits per heavy atom. The molecule has 0 atom stereocenters. The van der Waals surface area contributed by atoms with Crippen molar-refractivity contribution in [2.45, 2.75) is 26.7 Å². The van der Waals surface area contributed by atoms with E-state index in [9.17, 15) is 0 Å². The quantitative estimate of drug-likeness (QED) is 0.715. The molecule has 0 unspecified atom stereocenters. The first-order valence-corrected chi connectivity index (χ1v) is 7.16. The van der Waals surface area contributed by atoms with Crippen molar-refractivity contribution >= 4 is 5.69 Å². The Kier molecular flexibility index (Phi) is 5.02. The van der Waals surface area contributed by atoms with E-state index in [0.29, 0.717) is 0 Å². The summed E-state index contributed by atoms with van der Waals surface area (Å²) in [6.07, 6.45) is 2.38. The van der Waals surface area contributed by atoms with Gasteiger partial charge in [0.25, 0.3) is 0 Å². The maximum Gasteiger partial charge on any atom is 0.0366 e. The predicted molar refractivity (Wildman–Crippen MR) is 83.5 cm³/mol. The lowest BCUT2D eigenvalue weighted by Gasteiger charge is -2.24. The zero-order valence-electron chi connectivity index (χ0n) is 11.9. The number of nitrogens with zero attached hydrogens (tertiary/aromatic N) is 1. The number of rotatable bonds is 6. The first-order valence-electron chi connectivity index (χ1n) is 7.16. The van der Waals surface area contributed by atoms with E-state index in [0.717, 1.165) is 13.1 Å². The van der Waals surface area contributed by atoms with E-state index in [1.54, 1.807) is 0 Å². The Bertz CT molecular complexity index is 467. The van der Waals surface area contributed by atoms with Gasteiger partial charge in [-0.3, -0.25) is 0 Å². The van der Waals surface area contributed by atoms with Gasteiger partial charge in [0.05, 0.1) is 0 Å². The lowest BCUT2D eigenvalue weighted by atomic mass is 10.1. The van der Waals surface area contributed by atoms with E-state index in [1.165, 1.54) is 29.7 Å². The molecule has 1 radical (unpaired) electrons. The highest BCUT2D eigenvalue weighted by molar-refractivity contribution is 5.66. The number of hydrogen-bond donors (Lipinski definition) is 0. The summed E-state index contributed by atoms with van der Waals surface area (Å²) in [7, 11) is 0. The van der Waals surface area contributed by atoms with E-state index in [-0.39, 0.29) is 0 Å². The molecule has 1 nitrogen and oxygen atoms in total. The molecule has 0 aliphatic carbocycles. The SMILES string of the molecule is CCCN(CCC)c1ccc(-c2cc[c]cc2)cc1. The first-order chi connectivity index (χ1) is 9.35. The second kappa shape index (κ2) is 6.98. The molecular formula is C18H22N. The molecule has 0 bridgehead atoms. The molecule has 19 heavy (non-hydrogen) atoms. The van der Waals surface area contributed by atoms with Crippen LogP contribution in [0.1, 0.15) is 26.7 Å². The average Bonchev–Trinajstić information content (AvgIpc) is 2.48. The van der Waals surface area contributed by atoms with Crippen molar-refractivity contribution in [2.75, 3.05) is 18.0 Å². The van der Waals surface area contributed by atoms with Crippen LogP contribution in [0.5, 0.6) is 0 Å². The van der Waals surface area contributed by atoms with Gasteiger partial charge in [-0.05, 0) is 42.2 Å². The maximum atomic E-state index is 3.06. The molecule has 0 aliphatic heterocycles. The van der Waals surface area contributed by atoms with Gasteiger partial charge >= 0.3 is 0 Å². The average molecular weight is 252 g/mol. The summed E-state index contributed by atoms with van der Waals surface area (Å²) in [5, 5.41) is 0. The number of hydrogen-bond acceptors (Lipinski definition) is 1. The highest BCUT2D eigenvalue weighted by atomic mass is 15.1. The van der Waals surface area contributed by atoms with Crippen molar-refractivity contribution < 1.29 is 0 Å². The molecule has 1 heteroatoms. The Hall–Kier alpha value is -1.76. The second-order valence-electron chi connectivity index (χ2n) is 4.82. The minimum atomic E-state index is 1.13. The Balaban J connectivity index is 2.17. The lowest BCUT2D eigenvalue weighted by Crippen LogP contribution is -2.24. The molecule has 2 aromatic carbocycles. The molecule has 0 saturated heterocycles. The van der Waals surface area contributed by atoms with Gasteiger partial charge in [-0.2, -0.15) is 0 Å². The van der Waals surface area contributed by atoms with Gasteiger partial charge in [-0.1, -0.05) is 50.2 Å². The van der Waals surface area contributed by atoms with Crippen molar-refractivity contribution in [1.29, 1.82) is 0 Å². The van der Waals surface area contributed by atoms with Crippen LogP contribution >= 0.6 is 0 Å². The van der Waals surface area contributed by atoms with E-state index in [1.807, 2.05) is 12.1 Å². The third kappa shape index (κ3) is 3.60. The summed E-state index contributed by atoms with van der Waals surface area (Å²) in [5.74, 6) is 0. The summed E-state index contributed by atoms with van der Waals surface area (Å²) < 4.78 is 0. The van der Waals surface area contributed by atoms with Gasteiger partial charge in [0.15, 0.2) is 0 Å². The Morgan fingerprint density at radius 3 is 1.84 bits per heavy atom. The Morgan fingerprint density at radius 2 is 1.32 bits per heavy atom. The van der Waals surface area contributed by atoms with Gasteiger partial charge < -0.3 is 4.90 Å². The molecule has 0 N–H and O–H groups in total. The zero-order valence-corrected chi connectivity index (χ0v) is 11.9. The highest BCUT2D eigenvalue weighted by Gasteiger charge is 2.04. The molecule has 0 heterocycles. The molecule has 2 aromatic rings. The predicted octanol–water partition coefficient (Wildman–Crippen LogP) is 4.78. The number of benzene rings is 2. The molecule has 99 valence electrons. The van der Waals surface area contributed by atoms with Crippen LogP contribution in [-0.4, -0.2) is 13.1 Å². The normalized spacial score (nSPS) is 10.4. The minimum Gasteiger partial charge on any atom is -0.372 e. The molecule has 0 aliphatic rings. The van der Waals surface area contributed by atoms with Crippen LogP contribution in [0.4, 0.5) is 5.69 Å². The van der Waals surface area contributed by atoms with E-state index in [2.05, 4.69) is 61.2 Å². The van der Waals surface area contributed by atoms with Crippen LogP contribution in [-0.2, 0) is 0 Å². The third-order valence-corrected chi connectivity index (χ3v) is 3.27. The topological polar surface area (TPSA) is 3.24 Å². The van der Waals surface area contributed by atoms with E-state index >= 15 is 0 Å². The fraction of sp³-hybridized carbons (Fsp3) is 0.333. The standard InChI is InChI=1S/C18H22N/c1-3-14-19(15-4-2)18-12-10-17(11-13-18)16-8-6-5-7-9-16/h6-13H,3-4,14-15H2,1-2H3. The maximum absolute atomic E-state index is 3.06. The van der Waals surface area contributed by atoms with Crippen molar-refractivity contribution in [3.63, 3.8) is 0 Å². The summed E-state index contributed by atoms with van der Waals surface area (Å²) >= 11 is 0. The summed E-state index contributed by atoms with van der Waals surface area (Å²) in [6.45, 7) is 6.73. The van der Waals surface area contributed by atoms with Crippen molar-refractivity contribution in [3.05, 3.63) is 54.6 Å². The van der Waals surface area contributed by atoms with Gasteiger partial charge in [-0.25, -0.2) is 0 Å². The smallest absolute Gasteiger partial charge is 0.0366 e. The summed E-state index contributed by atoms with van der Waals surface area (Å²) in [4.78, 5) is 2.46. The van der Waals surface area contributed by atoms with E-state index in [4.69, 9.17) is 0 Å². The van der Waals surface area contributed by atoms with Gasteiger partial charge in [0, 0.05) is 18.8 Å². The van der Waals surface area contributed by atoms with Crippen LogP contribution in [0.3, 0.4) is 0 Å². The van der Waals surface area contributed by atoms with Crippen molar-refractivity contribution in [3.8, 4) is 11.1 Å². The molecule has 0 saturated carbocycles. The first kappa shape index (κ1) is 13.7. The van der Waals surface area contributed by atoms with Crippen LogP contribution in [0.25, 0.3) is 11.1 Å². The zero-order chi connectivity index (χ0) is 13.5. The van der Waals surface area contributed by atoms with Crippen LogP contribution in [0.2, 0.25) is 0 Å². The van der Waals surface area contributed by atoms with Crippen molar-refractivity contribution in [2.24, 2.45) is 0 Å². The molecule has 0 spiro atoms. The molecule has 0 fully saturated rings. The number of anilines is 1. The molecular weight excluding hydrogens is 230 g/mol. The fourth-order valence-electron chi connectivity index (χ4n) is 2.35. The summed E-state index contributed by atoms with van der Waals surface area (Å²) in [5.41, 5.74) is 3.85. The Labute approximate surface area is 116 Å². The molecule has 2 rings (SSSR count). The van der Waals surface area contributed by atoms with Gasteiger partial charge in [-0.15, -0.1) is 0 Å². The van der Waals surface area contributed by atoms with Gasteiger partial charge in [0.1, 0.15) is 0 Å². The summed E-state index contributed by atoms with van der Waals surface area (Å²) in [6, 6.07) is 20.1. The van der Waals surface area contributed by atoms with Crippen LogP contribution in [0, 0.1) is 6.07 Å². The van der Waals surface area contributed by atoms with Crippen LogP contribution < -0.4 is 4.90 Å². The fourth-order valence-corrected chi connectivity index (χ4v) is 2.35. The largest absolute Gasteiger partial charge is 0.372 e. The minimum absolute atomic E-state index is 1.13. The second-order valence-corrected chi connectivity index (χ2v) is 4.82. The molecule has 0 amide bonds. The van der Waals surface area contributed by atoms with Gasteiger partial charge in [0.2, 0.25) is 0 Å². The lowest BCUT2D eigenvalue weighted by molar-refractivity contribution is 0.745.